The molecule has 27 heavy (non-hydrogen) atoms. The number of alkyl halides is 3. The van der Waals surface area contributed by atoms with Crippen LogP contribution in [0.1, 0.15) is 46.6 Å². The maximum atomic E-state index is 13.2. The minimum atomic E-state index is -4.60. The predicted molar refractivity (Wildman–Crippen MR) is 90.4 cm³/mol. The first kappa shape index (κ1) is 19.2. The average molecular weight is 383 g/mol. The summed E-state index contributed by atoms with van der Waals surface area (Å²) in [6, 6.07) is 2.05. The quantitative estimate of drug-likeness (QED) is 0.860. The number of hydrogen-bond acceptors (Lipinski definition) is 4. The second kappa shape index (κ2) is 7.59. The first-order valence-corrected chi connectivity index (χ1v) is 8.52. The lowest BCUT2D eigenvalue weighted by Gasteiger charge is -2.21. The van der Waals surface area contributed by atoms with Crippen molar-refractivity contribution in [2.24, 2.45) is 0 Å². The molecule has 3 heterocycles. The molecule has 146 valence electrons. The fraction of sp³-hybridized carbons (Fsp3) is 0.444. The van der Waals surface area contributed by atoms with E-state index in [1.165, 1.54) is 6.20 Å². The lowest BCUT2D eigenvalue weighted by molar-refractivity contribution is -0.139. The Morgan fingerprint density at radius 1 is 1.48 bits per heavy atom. The van der Waals surface area contributed by atoms with Crippen molar-refractivity contribution in [1.82, 2.24) is 14.9 Å². The molecule has 1 N–H and O–H groups in total. The van der Waals surface area contributed by atoms with Gasteiger partial charge in [0.2, 0.25) is 5.88 Å². The topological polar surface area (TPSA) is 65.4 Å². The van der Waals surface area contributed by atoms with E-state index in [9.17, 15) is 18.0 Å². The summed E-state index contributed by atoms with van der Waals surface area (Å²) in [5.74, 6) is -0.850. The number of halogens is 3. The molecule has 1 atom stereocenters. The highest BCUT2D eigenvalue weighted by Crippen LogP contribution is 2.36. The molecule has 1 aliphatic rings. The second-order valence-corrected chi connectivity index (χ2v) is 6.18. The zero-order chi connectivity index (χ0) is 19.6. The molecule has 0 bridgehead atoms. The molecule has 1 aliphatic heterocycles. The summed E-state index contributed by atoms with van der Waals surface area (Å²) in [6.07, 6.45) is -1.09. The van der Waals surface area contributed by atoms with Crippen LogP contribution < -0.4 is 10.1 Å². The highest BCUT2D eigenvalue weighted by Gasteiger charge is 2.36. The molecule has 9 heteroatoms. The molecule has 0 radical (unpaired) electrons. The molecule has 1 amide bonds. The summed E-state index contributed by atoms with van der Waals surface area (Å²) in [5.41, 5.74) is 0.524. The normalized spacial score (nSPS) is 15.1. The van der Waals surface area contributed by atoms with Gasteiger partial charge in [0.15, 0.2) is 0 Å². The number of rotatable bonds is 5. The van der Waals surface area contributed by atoms with Gasteiger partial charge in [-0.3, -0.25) is 4.79 Å². The third kappa shape index (κ3) is 3.92. The number of pyridine rings is 1. The standard InChI is InChI=1S/C18H20F3N3O3/c1-3-14(11-8-13(18(19,20)21)17(26-2)22-9-11)23-16(25)12-4-5-24-6-7-27-10-15(12)24/h4-5,8-9,14H,3,6-7,10H2,1-2H3,(H,23,25)/t14-/m1/s1. The van der Waals surface area contributed by atoms with Crippen molar-refractivity contribution in [3.8, 4) is 5.88 Å². The lowest BCUT2D eigenvalue weighted by Crippen LogP contribution is -2.30. The Morgan fingerprint density at radius 3 is 2.93 bits per heavy atom. The summed E-state index contributed by atoms with van der Waals surface area (Å²) >= 11 is 0. The zero-order valence-electron chi connectivity index (χ0n) is 15.0. The summed E-state index contributed by atoms with van der Waals surface area (Å²) in [6.45, 7) is 3.35. The molecule has 6 nitrogen and oxygen atoms in total. The number of carbonyl (C=O) groups excluding carboxylic acids is 1. The van der Waals surface area contributed by atoms with E-state index >= 15 is 0 Å². The number of aromatic nitrogens is 2. The van der Waals surface area contributed by atoms with E-state index in [2.05, 4.69) is 10.3 Å². The summed E-state index contributed by atoms with van der Waals surface area (Å²) in [5, 5.41) is 2.80. The predicted octanol–water partition coefficient (Wildman–Crippen LogP) is 3.32. The van der Waals surface area contributed by atoms with Gasteiger partial charge < -0.3 is 19.4 Å². The average Bonchev–Trinajstić information content (AvgIpc) is 3.09. The van der Waals surface area contributed by atoms with Gasteiger partial charge in [0.25, 0.3) is 5.91 Å². The Balaban J connectivity index is 1.85. The van der Waals surface area contributed by atoms with E-state index in [0.29, 0.717) is 31.7 Å². The van der Waals surface area contributed by atoms with Gasteiger partial charge >= 0.3 is 6.18 Å². The van der Waals surface area contributed by atoms with Crippen LogP contribution in [0.3, 0.4) is 0 Å². The molecule has 0 fully saturated rings. The number of carbonyl (C=O) groups is 1. The Morgan fingerprint density at radius 2 is 2.26 bits per heavy atom. The molecule has 0 saturated carbocycles. The minimum Gasteiger partial charge on any atom is -0.481 e. The van der Waals surface area contributed by atoms with E-state index < -0.39 is 23.7 Å². The molecule has 0 aliphatic carbocycles. The highest BCUT2D eigenvalue weighted by atomic mass is 19.4. The van der Waals surface area contributed by atoms with Crippen molar-refractivity contribution in [3.05, 3.63) is 46.9 Å². The van der Waals surface area contributed by atoms with Crippen LogP contribution in [0.4, 0.5) is 13.2 Å². The van der Waals surface area contributed by atoms with E-state index in [0.717, 1.165) is 18.9 Å². The van der Waals surface area contributed by atoms with Crippen molar-refractivity contribution < 1.29 is 27.4 Å². The second-order valence-electron chi connectivity index (χ2n) is 6.18. The van der Waals surface area contributed by atoms with Gasteiger partial charge in [0.05, 0.1) is 37.6 Å². The Labute approximate surface area is 154 Å². The largest absolute Gasteiger partial charge is 0.481 e. The number of amides is 1. The molecule has 0 saturated heterocycles. The van der Waals surface area contributed by atoms with E-state index in [1.807, 2.05) is 10.8 Å². The lowest BCUT2D eigenvalue weighted by atomic mass is 10.0. The fourth-order valence-electron chi connectivity index (χ4n) is 3.10. The Kier molecular flexibility index (Phi) is 5.41. The van der Waals surface area contributed by atoms with Gasteiger partial charge in [0.1, 0.15) is 5.56 Å². The number of fused-ring (bicyclic) bond motifs is 1. The first-order chi connectivity index (χ1) is 12.8. The van der Waals surface area contributed by atoms with Crippen molar-refractivity contribution in [1.29, 1.82) is 0 Å². The molecule has 2 aromatic heterocycles. The first-order valence-electron chi connectivity index (χ1n) is 8.52. The number of ether oxygens (including phenoxy) is 2. The SMILES string of the molecule is CC[C@@H](NC(=O)c1ccn2c1COCC2)c1cnc(OC)c(C(F)(F)F)c1. The van der Waals surface area contributed by atoms with Crippen LogP contribution >= 0.6 is 0 Å². The summed E-state index contributed by atoms with van der Waals surface area (Å²) in [4.78, 5) is 16.4. The Hall–Kier alpha value is -2.55. The van der Waals surface area contributed by atoms with Crippen LogP contribution in [0.5, 0.6) is 5.88 Å². The Bertz CT molecular complexity index is 833. The highest BCUT2D eigenvalue weighted by molar-refractivity contribution is 5.95. The van der Waals surface area contributed by atoms with Gasteiger partial charge in [-0.2, -0.15) is 13.2 Å². The summed E-state index contributed by atoms with van der Waals surface area (Å²) < 4.78 is 51.7. The molecule has 3 rings (SSSR count). The van der Waals surface area contributed by atoms with Gasteiger partial charge in [-0.25, -0.2) is 4.98 Å². The third-order valence-electron chi connectivity index (χ3n) is 4.53. The van der Waals surface area contributed by atoms with Crippen molar-refractivity contribution >= 4 is 5.91 Å². The van der Waals surface area contributed by atoms with Crippen LogP contribution in [-0.4, -0.2) is 29.2 Å². The number of nitrogens with zero attached hydrogens (tertiary/aromatic N) is 2. The maximum Gasteiger partial charge on any atom is 0.421 e. The van der Waals surface area contributed by atoms with Crippen LogP contribution in [0.25, 0.3) is 0 Å². The van der Waals surface area contributed by atoms with Crippen molar-refractivity contribution in [3.63, 3.8) is 0 Å². The number of hydrogen-bond donors (Lipinski definition) is 1. The summed E-state index contributed by atoms with van der Waals surface area (Å²) in [7, 11) is 1.13. The maximum absolute atomic E-state index is 13.2. The van der Waals surface area contributed by atoms with Gasteiger partial charge in [0, 0.05) is 18.9 Å². The molecule has 2 aromatic rings. The third-order valence-corrected chi connectivity index (χ3v) is 4.53. The van der Waals surface area contributed by atoms with E-state index in [1.54, 1.807) is 13.0 Å². The van der Waals surface area contributed by atoms with Gasteiger partial charge in [-0.05, 0) is 24.1 Å². The van der Waals surface area contributed by atoms with Gasteiger partial charge in [-0.15, -0.1) is 0 Å². The molecule has 0 unspecified atom stereocenters. The van der Waals surface area contributed by atoms with E-state index in [-0.39, 0.29) is 11.5 Å². The number of methoxy groups -OCH3 is 1. The van der Waals surface area contributed by atoms with Gasteiger partial charge in [-0.1, -0.05) is 6.92 Å². The van der Waals surface area contributed by atoms with E-state index in [4.69, 9.17) is 9.47 Å². The molecular formula is C18H20F3N3O3. The monoisotopic (exact) mass is 383 g/mol. The number of nitrogens with one attached hydrogen (secondary N) is 1. The van der Waals surface area contributed by atoms with Crippen LogP contribution in [-0.2, 0) is 24.1 Å². The molecular weight excluding hydrogens is 363 g/mol. The van der Waals surface area contributed by atoms with Crippen LogP contribution in [0.2, 0.25) is 0 Å². The molecule has 0 spiro atoms. The smallest absolute Gasteiger partial charge is 0.421 e. The zero-order valence-corrected chi connectivity index (χ0v) is 15.0. The van der Waals surface area contributed by atoms with Crippen molar-refractivity contribution in [2.45, 2.75) is 38.7 Å². The van der Waals surface area contributed by atoms with Crippen molar-refractivity contribution in [2.75, 3.05) is 13.7 Å². The fourth-order valence-corrected chi connectivity index (χ4v) is 3.10. The molecule has 0 aromatic carbocycles. The minimum absolute atomic E-state index is 0.267. The van der Waals surface area contributed by atoms with Crippen LogP contribution in [0.15, 0.2) is 24.5 Å². The van der Waals surface area contributed by atoms with Crippen LogP contribution in [0, 0.1) is 0 Å².